The first-order valence-corrected chi connectivity index (χ1v) is 8.36. The van der Waals surface area contributed by atoms with E-state index in [1.165, 1.54) is 28.9 Å². The normalized spacial score (nSPS) is 11.6. The second-order valence-electron chi connectivity index (χ2n) is 4.63. The molecule has 0 aliphatic carbocycles. The average molecular weight is 359 g/mol. The Morgan fingerprint density at radius 2 is 1.88 bits per heavy atom. The summed E-state index contributed by atoms with van der Waals surface area (Å²) in [6.07, 6.45) is 0. The minimum Gasteiger partial charge on any atom is -0.258 e. The van der Waals surface area contributed by atoms with Gasteiger partial charge in [0.2, 0.25) is 0 Å². The van der Waals surface area contributed by atoms with Crippen molar-refractivity contribution in [3.8, 4) is 0 Å². The van der Waals surface area contributed by atoms with Crippen molar-refractivity contribution >= 4 is 44.7 Å². The van der Waals surface area contributed by atoms with Crippen LogP contribution in [0.5, 0.6) is 0 Å². The van der Waals surface area contributed by atoms with Crippen LogP contribution in [0.25, 0.3) is 15.9 Å². The maximum atomic E-state index is 11.2. The van der Waals surface area contributed by atoms with Crippen LogP contribution in [0.1, 0.15) is 5.56 Å². The molecule has 0 saturated heterocycles. The minimum absolute atomic E-state index is 0.00601. The van der Waals surface area contributed by atoms with Crippen molar-refractivity contribution in [1.82, 2.24) is 4.98 Å². The van der Waals surface area contributed by atoms with Crippen molar-refractivity contribution in [1.29, 1.82) is 0 Å². The molecule has 0 aliphatic rings. The molecular formula is C15H9N3O4S2. The fraction of sp³-hybridized carbons (Fsp3) is 0. The van der Waals surface area contributed by atoms with E-state index >= 15 is 0 Å². The van der Waals surface area contributed by atoms with Gasteiger partial charge in [-0.3, -0.25) is 20.2 Å². The van der Waals surface area contributed by atoms with Crippen molar-refractivity contribution in [2.75, 3.05) is 0 Å². The summed E-state index contributed by atoms with van der Waals surface area (Å²) in [5.74, 6) is 0. The molecule has 0 unspecified atom stereocenters. The zero-order valence-corrected chi connectivity index (χ0v) is 13.6. The van der Waals surface area contributed by atoms with Gasteiger partial charge in [-0.1, -0.05) is 30.0 Å². The van der Waals surface area contributed by atoms with E-state index in [0.717, 1.165) is 11.8 Å². The van der Waals surface area contributed by atoms with Gasteiger partial charge in [0, 0.05) is 12.1 Å². The van der Waals surface area contributed by atoms with Gasteiger partial charge in [0.25, 0.3) is 11.4 Å². The fourth-order valence-electron chi connectivity index (χ4n) is 1.99. The summed E-state index contributed by atoms with van der Waals surface area (Å²) in [6, 6.07) is 13.0. The predicted molar refractivity (Wildman–Crippen MR) is 93.5 cm³/mol. The summed E-state index contributed by atoms with van der Waals surface area (Å²) in [5.41, 5.74) is 1.11. The second kappa shape index (κ2) is 6.77. The highest BCUT2D eigenvalue weighted by Crippen LogP contribution is 2.33. The Kier molecular flexibility index (Phi) is 4.54. The van der Waals surface area contributed by atoms with Crippen LogP contribution in [0.3, 0.4) is 0 Å². The summed E-state index contributed by atoms with van der Waals surface area (Å²) < 4.78 is 1.25. The maximum absolute atomic E-state index is 11.2. The minimum atomic E-state index is -0.466. The van der Waals surface area contributed by atoms with Gasteiger partial charge in [-0.25, -0.2) is 4.98 Å². The standard InChI is InChI=1S/C15H9N3O4S2/c19-17(20)11-6-7-12-14(8-11)24-15(16-12)23-9-13(18(21)22)10-4-2-1-3-5-10/h1-9H/b13-9-. The van der Waals surface area contributed by atoms with Crippen molar-refractivity contribution in [2.45, 2.75) is 4.34 Å². The molecule has 3 aromatic rings. The van der Waals surface area contributed by atoms with E-state index in [1.807, 2.05) is 0 Å². The number of thiazole rings is 1. The van der Waals surface area contributed by atoms with Crippen LogP contribution in [-0.2, 0) is 0 Å². The number of nitrogens with zero attached hydrogens (tertiary/aromatic N) is 3. The molecule has 0 saturated carbocycles. The van der Waals surface area contributed by atoms with E-state index in [2.05, 4.69) is 4.98 Å². The molecule has 2 aromatic carbocycles. The van der Waals surface area contributed by atoms with Crippen LogP contribution < -0.4 is 0 Å². The Bertz CT molecular complexity index is 954. The van der Waals surface area contributed by atoms with Crippen LogP contribution >= 0.6 is 23.1 Å². The first-order chi connectivity index (χ1) is 11.5. The van der Waals surface area contributed by atoms with Crippen molar-refractivity contribution in [3.05, 3.63) is 79.7 Å². The van der Waals surface area contributed by atoms with Gasteiger partial charge >= 0.3 is 0 Å². The number of aromatic nitrogens is 1. The van der Waals surface area contributed by atoms with Gasteiger partial charge in [-0.2, -0.15) is 0 Å². The second-order valence-corrected chi connectivity index (χ2v) is 6.78. The highest BCUT2D eigenvalue weighted by atomic mass is 32.2. The number of non-ortho nitro benzene ring substituents is 1. The van der Waals surface area contributed by atoms with Crippen LogP contribution in [0, 0.1) is 20.2 Å². The molecule has 0 spiro atoms. The number of hydrogen-bond acceptors (Lipinski definition) is 7. The molecule has 1 aromatic heterocycles. The molecule has 0 amide bonds. The molecular weight excluding hydrogens is 350 g/mol. The van der Waals surface area contributed by atoms with E-state index in [9.17, 15) is 20.2 Å². The number of rotatable bonds is 5. The summed E-state index contributed by atoms with van der Waals surface area (Å²) in [6.45, 7) is 0. The molecule has 9 heteroatoms. The van der Waals surface area contributed by atoms with Crippen LogP contribution in [0.4, 0.5) is 5.69 Å². The third-order valence-electron chi connectivity index (χ3n) is 3.10. The maximum Gasteiger partial charge on any atom is 0.283 e. The zero-order valence-electron chi connectivity index (χ0n) is 12.0. The van der Waals surface area contributed by atoms with Crippen LogP contribution in [0.15, 0.2) is 58.3 Å². The van der Waals surface area contributed by atoms with E-state index in [0.29, 0.717) is 20.1 Å². The Hall–Kier alpha value is -2.78. The van der Waals surface area contributed by atoms with Gasteiger partial charge in [0.1, 0.15) is 0 Å². The highest BCUT2D eigenvalue weighted by molar-refractivity contribution is 8.04. The lowest BCUT2D eigenvalue weighted by Gasteiger charge is -1.97. The van der Waals surface area contributed by atoms with Crippen LogP contribution in [0.2, 0.25) is 0 Å². The summed E-state index contributed by atoms with van der Waals surface area (Å²) >= 11 is 2.38. The summed E-state index contributed by atoms with van der Waals surface area (Å²) in [7, 11) is 0. The van der Waals surface area contributed by atoms with Crippen molar-refractivity contribution in [2.24, 2.45) is 0 Å². The fourth-order valence-corrected chi connectivity index (χ4v) is 3.91. The van der Waals surface area contributed by atoms with E-state index in [-0.39, 0.29) is 11.4 Å². The van der Waals surface area contributed by atoms with Gasteiger partial charge in [-0.15, -0.1) is 11.3 Å². The predicted octanol–water partition coefficient (Wildman–Crippen LogP) is 4.57. The molecule has 0 atom stereocenters. The summed E-state index contributed by atoms with van der Waals surface area (Å²) in [4.78, 5) is 25.5. The SMILES string of the molecule is O=[N+]([O-])/C(=C\Sc1nc2ccc([N+](=O)[O-])cc2s1)c1ccccc1. The lowest BCUT2D eigenvalue weighted by Crippen LogP contribution is -1.96. The Balaban J connectivity index is 1.90. The van der Waals surface area contributed by atoms with Gasteiger partial charge < -0.3 is 0 Å². The molecule has 1 heterocycles. The molecule has 120 valence electrons. The average Bonchev–Trinajstić information content (AvgIpc) is 2.97. The van der Waals surface area contributed by atoms with Gasteiger partial charge in [-0.05, 0) is 18.2 Å². The topological polar surface area (TPSA) is 99.2 Å². The molecule has 0 fully saturated rings. The smallest absolute Gasteiger partial charge is 0.258 e. The van der Waals surface area contributed by atoms with E-state index < -0.39 is 9.85 Å². The molecule has 0 N–H and O–H groups in total. The Morgan fingerprint density at radius 3 is 2.54 bits per heavy atom. The summed E-state index contributed by atoms with van der Waals surface area (Å²) in [5, 5.41) is 23.5. The van der Waals surface area contributed by atoms with E-state index in [1.54, 1.807) is 36.4 Å². The molecule has 0 bridgehead atoms. The van der Waals surface area contributed by atoms with E-state index in [4.69, 9.17) is 0 Å². The molecule has 0 aliphatic heterocycles. The third-order valence-corrected chi connectivity index (χ3v) is 5.09. The molecule has 24 heavy (non-hydrogen) atoms. The number of nitro groups is 2. The Labute approximate surface area is 143 Å². The highest BCUT2D eigenvalue weighted by Gasteiger charge is 2.15. The number of thioether (sulfide) groups is 1. The monoisotopic (exact) mass is 359 g/mol. The van der Waals surface area contributed by atoms with Crippen molar-refractivity contribution in [3.63, 3.8) is 0 Å². The lowest BCUT2D eigenvalue weighted by atomic mass is 10.2. The van der Waals surface area contributed by atoms with Crippen LogP contribution in [-0.4, -0.2) is 14.8 Å². The number of benzene rings is 2. The molecule has 0 radical (unpaired) electrons. The Morgan fingerprint density at radius 1 is 1.12 bits per heavy atom. The quantitative estimate of drug-likeness (QED) is 0.376. The number of nitro benzene ring substituents is 1. The first kappa shape index (κ1) is 16.1. The van der Waals surface area contributed by atoms with Gasteiger partial charge in [0.05, 0.1) is 31.0 Å². The number of fused-ring (bicyclic) bond motifs is 1. The molecule has 3 rings (SSSR count). The van der Waals surface area contributed by atoms with Crippen molar-refractivity contribution < 1.29 is 9.85 Å². The lowest BCUT2D eigenvalue weighted by molar-refractivity contribution is -0.384. The zero-order chi connectivity index (χ0) is 17.1. The first-order valence-electron chi connectivity index (χ1n) is 6.66. The third kappa shape index (κ3) is 3.42. The molecule has 7 nitrogen and oxygen atoms in total. The van der Waals surface area contributed by atoms with Gasteiger partial charge in [0.15, 0.2) is 4.34 Å². The number of hydrogen-bond donors (Lipinski definition) is 0. The largest absolute Gasteiger partial charge is 0.283 e.